The van der Waals surface area contributed by atoms with Gasteiger partial charge < -0.3 is 15.5 Å². The summed E-state index contributed by atoms with van der Waals surface area (Å²) in [5.41, 5.74) is -0.101. The van der Waals surface area contributed by atoms with Crippen molar-refractivity contribution in [1.29, 1.82) is 0 Å². The highest BCUT2D eigenvalue weighted by Gasteiger charge is 2.60. The molecule has 138 valence electrons. The van der Waals surface area contributed by atoms with Gasteiger partial charge in [0, 0.05) is 5.57 Å². The molecule has 0 aromatic heterocycles. The number of aliphatic hydroxyl groups is 1. The van der Waals surface area contributed by atoms with Gasteiger partial charge in [0.2, 0.25) is 5.91 Å². The standard InChI is InChI=1S/C16H16N2O7S/c19-7-10-8-26(24,25)15-12(14(21)18(15)13(10)16(22)23)17-11(20)6-9-4-2-1-3-5-9/h1-5,12,15,19H,6-8H2,(H,17,20)(H,22,23)/t12-,15-/m0/s1. The Morgan fingerprint density at radius 2 is 1.88 bits per heavy atom. The molecule has 2 atom stereocenters. The summed E-state index contributed by atoms with van der Waals surface area (Å²) in [4.78, 5) is 36.5. The lowest BCUT2D eigenvalue weighted by atomic mass is 10.0. The summed E-state index contributed by atoms with van der Waals surface area (Å²) in [6.45, 7) is -0.789. The highest BCUT2D eigenvalue weighted by atomic mass is 32.2. The van der Waals surface area contributed by atoms with Crippen molar-refractivity contribution in [2.45, 2.75) is 17.8 Å². The van der Waals surface area contributed by atoms with Gasteiger partial charge in [0.15, 0.2) is 15.2 Å². The van der Waals surface area contributed by atoms with E-state index in [0.717, 1.165) is 0 Å². The fourth-order valence-corrected chi connectivity index (χ4v) is 5.16. The van der Waals surface area contributed by atoms with Crippen LogP contribution in [-0.2, 0) is 30.6 Å². The van der Waals surface area contributed by atoms with Crippen molar-refractivity contribution in [2.75, 3.05) is 12.4 Å². The van der Waals surface area contributed by atoms with Crippen molar-refractivity contribution in [3.63, 3.8) is 0 Å². The number of nitrogens with one attached hydrogen (secondary N) is 1. The van der Waals surface area contributed by atoms with Gasteiger partial charge in [-0.15, -0.1) is 0 Å². The van der Waals surface area contributed by atoms with E-state index in [2.05, 4.69) is 5.32 Å². The number of sulfone groups is 1. The highest BCUT2D eigenvalue weighted by molar-refractivity contribution is 7.92. The van der Waals surface area contributed by atoms with E-state index in [9.17, 15) is 33.0 Å². The van der Waals surface area contributed by atoms with E-state index in [0.29, 0.717) is 10.5 Å². The lowest BCUT2D eigenvalue weighted by Gasteiger charge is -2.48. The van der Waals surface area contributed by atoms with Gasteiger partial charge in [0.1, 0.15) is 11.7 Å². The van der Waals surface area contributed by atoms with Crippen molar-refractivity contribution >= 4 is 27.6 Å². The van der Waals surface area contributed by atoms with Gasteiger partial charge in [0.05, 0.1) is 18.8 Å². The van der Waals surface area contributed by atoms with Crippen molar-refractivity contribution in [3.8, 4) is 0 Å². The molecule has 0 bridgehead atoms. The number of carbonyl (C=O) groups excluding carboxylic acids is 2. The molecule has 26 heavy (non-hydrogen) atoms. The van der Waals surface area contributed by atoms with Crippen LogP contribution in [0.4, 0.5) is 0 Å². The second-order valence-electron chi connectivity index (χ2n) is 6.03. The van der Waals surface area contributed by atoms with Crippen LogP contribution in [0.15, 0.2) is 41.6 Å². The lowest BCUT2D eigenvalue weighted by Crippen LogP contribution is -2.75. The molecule has 3 rings (SSSR count). The summed E-state index contributed by atoms with van der Waals surface area (Å²) >= 11 is 0. The van der Waals surface area contributed by atoms with Crippen LogP contribution in [-0.4, -0.2) is 65.1 Å². The molecular weight excluding hydrogens is 364 g/mol. The average Bonchev–Trinajstić information content (AvgIpc) is 2.58. The zero-order valence-corrected chi connectivity index (χ0v) is 14.3. The van der Waals surface area contributed by atoms with Crippen LogP contribution < -0.4 is 5.32 Å². The zero-order valence-electron chi connectivity index (χ0n) is 13.5. The van der Waals surface area contributed by atoms with E-state index in [4.69, 9.17) is 0 Å². The van der Waals surface area contributed by atoms with E-state index in [1.54, 1.807) is 30.3 Å². The third-order valence-corrected chi connectivity index (χ3v) is 6.25. The van der Waals surface area contributed by atoms with Crippen LogP contribution in [0.25, 0.3) is 0 Å². The molecule has 2 aliphatic rings. The summed E-state index contributed by atoms with van der Waals surface area (Å²) < 4.78 is 24.8. The minimum atomic E-state index is -3.94. The van der Waals surface area contributed by atoms with E-state index >= 15 is 0 Å². The highest BCUT2D eigenvalue weighted by Crippen LogP contribution is 2.36. The minimum absolute atomic E-state index is 0.0408. The molecular formula is C16H16N2O7S. The van der Waals surface area contributed by atoms with E-state index in [1.165, 1.54) is 0 Å². The maximum atomic E-state index is 12.4. The number of carbonyl (C=O) groups is 3. The molecule has 0 aliphatic carbocycles. The summed E-state index contributed by atoms with van der Waals surface area (Å²) in [5, 5.41) is 19.4. The topological polar surface area (TPSA) is 141 Å². The first-order valence-corrected chi connectivity index (χ1v) is 9.42. The van der Waals surface area contributed by atoms with Crippen molar-refractivity contribution < 1.29 is 33.0 Å². The number of carboxylic acid groups (broad SMARTS) is 1. The normalized spacial score (nSPS) is 23.9. The van der Waals surface area contributed by atoms with Gasteiger partial charge in [0.25, 0.3) is 5.91 Å². The third-order valence-electron chi connectivity index (χ3n) is 4.28. The number of carboxylic acids is 1. The van der Waals surface area contributed by atoms with Crippen LogP contribution in [0.1, 0.15) is 5.56 Å². The number of hydrogen-bond acceptors (Lipinski definition) is 6. The van der Waals surface area contributed by atoms with Crippen LogP contribution in [0.2, 0.25) is 0 Å². The first-order valence-electron chi connectivity index (χ1n) is 7.70. The number of hydrogen-bond donors (Lipinski definition) is 3. The van der Waals surface area contributed by atoms with E-state index < -0.39 is 57.1 Å². The molecule has 0 spiro atoms. The van der Waals surface area contributed by atoms with Gasteiger partial charge in [-0.3, -0.25) is 14.5 Å². The average molecular weight is 380 g/mol. The van der Waals surface area contributed by atoms with Gasteiger partial charge in [-0.05, 0) is 5.56 Å². The van der Waals surface area contributed by atoms with Gasteiger partial charge in [-0.2, -0.15) is 0 Å². The lowest BCUT2D eigenvalue weighted by molar-refractivity contribution is -0.151. The van der Waals surface area contributed by atoms with E-state index in [1.807, 2.05) is 0 Å². The Bertz CT molecular complexity index is 908. The third kappa shape index (κ3) is 2.97. The first-order chi connectivity index (χ1) is 12.3. The summed E-state index contributed by atoms with van der Waals surface area (Å²) in [5.74, 6) is -3.55. The van der Waals surface area contributed by atoms with Crippen LogP contribution in [0.3, 0.4) is 0 Å². The summed E-state index contributed by atoms with van der Waals surface area (Å²) in [6, 6.07) is 7.35. The minimum Gasteiger partial charge on any atom is -0.477 e. The molecule has 0 unspecified atom stereocenters. The zero-order chi connectivity index (χ0) is 19.1. The molecule has 2 heterocycles. The Morgan fingerprint density at radius 3 is 2.46 bits per heavy atom. The monoisotopic (exact) mass is 380 g/mol. The predicted molar refractivity (Wildman–Crippen MR) is 88.2 cm³/mol. The van der Waals surface area contributed by atoms with Crippen molar-refractivity contribution in [3.05, 3.63) is 47.2 Å². The summed E-state index contributed by atoms with van der Waals surface area (Å²) in [6.07, 6.45) is -0.0408. The Labute approximate surface area is 148 Å². The number of amides is 2. The number of aliphatic carboxylic acids is 1. The molecule has 3 N–H and O–H groups in total. The Balaban J connectivity index is 1.83. The fraction of sp³-hybridized carbons (Fsp3) is 0.312. The van der Waals surface area contributed by atoms with Crippen LogP contribution >= 0.6 is 0 Å². The molecule has 9 nitrogen and oxygen atoms in total. The number of β-lactam (4-membered cyclic amide) rings is 1. The van der Waals surface area contributed by atoms with Gasteiger partial charge >= 0.3 is 5.97 Å². The second kappa shape index (κ2) is 6.54. The first kappa shape index (κ1) is 18.1. The van der Waals surface area contributed by atoms with Crippen LogP contribution in [0, 0.1) is 0 Å². The number of fused-ring (bicyclic) bond motifs is 1. The van der Waals surface area contributed by atoms with Gasteiger partial charge in [-0.25, -0.2) is 13.2 Å². The van der Waals surface area contributed by atoms with Gasteiger partial charge in [-0.1, -0.05) is 30.3 Å². The molecule has 2 amide bonds. The van der Waals surface area contributed by atoms with E-state index in [-0.39, 0.29) is 12.0 Å². The molecule has 1 saturated heterocycles. The second-order valence-corrected chi connectivity index (χ2v) is 8.13. The Hall–Kier alpha value is -2.72. The number of benzene rings is 1. The number of nitrogens with zero attached hydrogens (tertiary/aromatic N) is 1. The van der Waals surface area contributed by atoms with Crippen molar-refractivity contribution in [2.24, 2.45) is 0 Å². The molecule has 0 radical (unpaired) electrons. The molecule has 1 aromatic carbocycles. The number of aliphatic hydroxyl groups excluding tert-OH is 1. The Morgan fingerprint density at radius 1 is 1.23 bits per heavy atom. The molecule has 1 fully saturated rings. The Kier molecular flexibility index (Phi) is 4.55. The fourth-order valence-electron chi connectivity index (χ4n) is 3.15. The largest absolute Gasteiger partial charge is 0.477 e. The SMILES string of the molecule is O=C(Cc1ccccc1)N[C@H]1C(=O)N2C(C(=O)O)=C(CO)CS(=O)(=O)[C@@H]12. The molecule has 10 heteroatoms. The molecule has 0 saturated carbocycles. The van der Waals surface area contributed by atoms with Crippen LogP contribution in [0.5, 0.6) is 0 Å². The predicted octanol–water partition coefficient (Wildman–Crippen LogP) is -1.36. The quantitative estimate of drug-likeness (QED) is 0.536. The molecule has 1 aromatic rings. The number of rotatable bonds is 5. The summed E-state index contributed by atoms with van der Waals surface area (Å²) in [7, 11) is -3.94. The molecule has 2 aliphatic heterocycles. The smallest absolute Gasteiger partial charge is 0.352 e. The maximum absolute atomic E-state index is 12.4. The van der Waals surface area contributed by atoms with Crippen molar-refractivity contribution in [1.82, 2.24) is 10.2 Å². The maximum Gasteiger partial charge on any atom is 0.352 e.